The fraction of sp³-hybridized carbons (Fsp3) is 0.0870. The molecule has 5 aromatic heterocycles. The Morgan fingerprint density at radius 3 is 2.79 bits per heavy atom. The number of fused-ring (bicyclic) bond motifs is 2. The van der Waals surface area contributed by atoms with Crippen molar-refractivity contribution in [2.75, 3.05) is 10.6 Å². The second-order valence-corrected chi connectivity index (χ2v) is 8.27. The van der Waals surface area contributed by atoms with Gasteiger partial charge in [-0.2, -0.15) is 21.3 Å². The first kappa shape index (κ1) is 19.4. The van der Waals surface area contributed by atoms with E-state index in [0.717, 1.165) is 22.3 Å². The van der Waals surface area contributed by atoms with E-state index < -0.39 is 0 Å². The van der Waals surface area contributed by atoms with Crippen molar-refractivity contribution in [3.05, 3.63) is 77.5 Å². The summed E-state index contributed by atoms with van der Waals surface area (Å²) < 4.78 is 3.95. The molecule has 0 unspecified atom stereocenters. The zero-order valence-electron chi connectivity index (χ0n) is 17.7. The maximum atomic E-state index is 4.79. The van der Waals surface area contributed by atoms with Crippen molar-refractivity contribution in [1.82, 2.24) is 34.1 Å². The molecule has 0 atom stereocenters. The lowest BCUT2D eigenvalue weighted by molar-refractivity contribution is 0.949. The zero-order valence-corrected chi connectivity index (χ0v) is 18.5. The molecule has 0 amide bonds. The van der Waals surface area contributed by atoms with Crippen LogP contribution in [-0.2, 0) is 13.6 Å². The van der Waals surface area contributed by atoms with Gasteiger partial charge in [-0.1, -0.05) is 18.2 Å². The molecule has 0 aliphatic rings. The minimum atomic E-state index is 0.437. The van der Waals surface area contributed by atoms with Crippen LogP contribution in [-0.4, -0.2) is 34.1 Å². The van der Waals surface area contributed by atoms with Gasteiger partial charge in [0.25, 0.3) is 0 Å². The quantitative estimate of drug-likeness (QED) is 0.383. The molecule has 0 aliphatic heterocycles. The summed E-state index contributed by atoms with van der Waals surface area (Å²) in [7, 11) is 1.97. The summed E-state index contributed by atoms with van der Waals surface area (Å²) >= 11 is 1.63. The molecule has 9 nitrogen and oxygen atoms in total. The maximum Gasteiger partial charge on any atom is 0.233 e. The van der Waals surface area contributed by atoms with E-state index in [-0.39, 0.29) is 0 Å². The molecule has 0 saturated heterocycles. The molecule has 33 heavy (non-hydrogen) atoms. The lowest BCUT2D eigenvalue weighted by Crippen LogP contribution is -2.08. The average Bonchev–Trinajstić information content (AvgIpc) is 3.58. The van der Waals surface area contributed by atoms with E-state index in [4.69, 9.17) is 15.0 Å². The summed E-state index contributed by atoms with van der Waals surface area (Å²) in [6.07, 6.45) is 5.36. The Bertz CT molecular complexity index is 1550. The second-order valence-electron chi connectivity index (χ2n) is 7.49. The van der Waals surface area contributed by atoms with Crippen LogP contribution in [0.1, 0.15) is 5.56 Å². The van der Waals surface area contributed by atoms with Gasteiger partial charge in [-0.25, -0.2) is 9.97 Å². The summed E-state index contributed by atoms with van der Waals surface area (Å²) in [6.45, 7) is 0.566. The molecule has 0 radical (unpaired) electrons. The molecule has 0 spiro atoms. The summed E-state index contributed by atoms with van der Waals surface area (Å²) in [5.41, 5.74) is 5.39. The molecule has 0 bridgehead atoms. The van der Waals surface area contributed by atoms with Gasteiger partial charge >= 0.3 is 0 Å². The molecule has 0 fully saturated rings. The topological polar surface area (TPSA) is 98.4 Å². The molecule has 0 saturated carbocycles. The zero-order chi connectivity index (χ0) is 22.2. The van der Waals surface area contributed by atoms with E-state index >= 15 is 0 Å². The highest BCUT2D eigenvalue weighted by Gasteiger charge is 2.16. The van der Waals surface area contributed by atoms with Crippen LogP contribution in [0.25, 0.3) is 27.9 Å². The Balaban J connectivity index is 1.43. The number of anilines is 3. The number of hydrogen-bond acceptors (Lipinski definition) is 8. The number of nitrogens with one attached hydrogen (secondary N) is 2. The summed E-state index contributed by atoms with van der Waals surface area (Å²) in [5, 5.41) is 10.8. The first-order valence-corrected chi connectivity index (χ1v) is 11.3. The highest BCUT2D eigenvalue weighted by molar-refractivity contribution is 7.08. The SMILES string of the molecule is Cn1c(Nc2nc(NCc3cccnc3)c3ncn(-c4ccsc4)c3n2)nc2ccccc21. The molecule has 5 heterocycles. The van der Waals surface area contributed by atoms with Crippen molar-refractivity contribution in [2.24, 2.45) is 7.05 Å². The van der Waals surface area contributed by atoms with Crippen LogP contribution < -0.4 is 10.6 Å². The third-order valence-corrected chi connectivity index (χ3v) is 6.04. The van der Waals surface area contributed by atoms with Gasteiger partial charge < -0.3 is 9.88 Å². The van der Waals surface area contributed by atoms with Crippen molar-refractivity contribution < 1.29 is 0 Å². The first-order valence-electron chi connectivity index (χ1n) is 10.4. The molecule has 1 aromatic carbocycles. The van der Waals surface area contributed by atoms with E-state index in [0.29, 0.717) is 35.4 Å². The van der Waals surface area contributed by atoms with E-state index in [1.54, 1.807) is 23.9 Å². The van der Waals surface area contributed by atoms with Crippen molar-refractivity contribution >= 4 is 51.2 Å². The predicted molar refractivity (Wildman–Crippen MR) is 130 cm³/mol. The van der Waals surface area contributed by atoms with Gasteiger partial charge in [0.15, 0.2) is 17.0 Å². The van der Waals surface area contributed by atoms with E-state index in [2.05, 4.69) is 26.0 Å². The van der Waals surface area contributed by atoms with Gasteiger partial charge in [0.05, 0.1) is 16.7 Å². The highest BCUT2D eigenvalue weighted by Crippen LogP contribution is 2.27. The molecule has 2 N–H and O–H groups in total. The minimum Gasteiger partial charge on any atom is -0.364 e. The van der Waals surface area contributed by atoms with Crippen LogP contribution in [0, 0.1) is 0 Å². The van der Waals surface area contributed by atoms with Crippen molar-refractivity contribution in [2.45, 2.75) is 6.54 Å². The number of para-hydroxylation sites is 2. The van der Waals surface area contributed by atoms with E-state index in [1.165, 1.54) is 0 Å². The van der Waals surface area contributed by atoms with E-state index in [9.17, 15) is 0 Å². The van der Waals surface area contributed by atoms with Crippen molar-refractivity contribution in [1.29, 1.82) is 0 Å². The van der Waals surface area contributed by atoms with Crippen molar-refractivity contribution in [3.63, 3.8) is 0 Å². The van der Waals surface area contributed by atoms with Crippen LogP contribution in [0.4, 0.5) is 17.7 Å². The Labute approximate surface area is 192 Å². The normalized spacial score (nSPS) is 11.3. The fourth-order valence-electron chi connectivity index (χ4n) is 3.71. The van der Waals surface area contributed by atoms with Crippen LogP contribution in [0.15, 0.2) is 71.9 Å². The Hall–Kier alpha value is -4.31. The first-order chi connectivity index (χ1) is 16.3. The molecule has 6 rings (SSSR count). The second kappa shape index (κ2) is 7.99. The number of benzene rings is 1. The maximum absolute atomic E-state index is 4.79. The molecule has 162 valence electrons. The highest BCUT2D eigenvalue weighted by atomic mass is 32.1. The number of imidazole rings is 2. The van der Waals surface area contributed by atoms with Gasteiger partial charge in [0.1, 0.15) is 6.33 Å². The molecular weight excluding hydrogens is 434 g/mol. The molecule has 6 aromatic rings. The molecular formula is C23H19N9S. The monoisotopic (exact) mass is 453 g/mol. The fourth-order valence-corrected chi connectivity index (χ4v) is 4.34. The summed E-state index contributed by atoms with van der Waals surface area (Å²) in [4.78, 5) is 23.0. The average molecular weight is 454 g/mol. The van der Waals surface area contributed by atoms with Gasteiger partial charge in [0.2, 0.25) is 11.9 Å². The number of pyridine rings is 1. The summed E-state index contributed by atoms with van der Waals surface area (Å²) in [6, 6.07) is 14.0. The lowest BCUT2D eigenvalue weighted by atomic mass is 10.3. The third-order valence-electron chi connectivity index (χ3n) is 5.37. The van der Waals surface area contributed by atoms with Crippen LogP contribution in [0.5, 0.6) is 0 Å². The smallest absolute Gasteiger partial charge is 0.233 e. The lowest BCUT2D eigenvalue weighted by Gasteiger charge is -2.10. The standard InChI is InChI=1S/C23H19N9S/c1-31-18-7-3-2-6-17(18)27-23(31)30-22-28-20(25-12-15-5-4-9-24-11-15)19-21(29-22)32(14-26-19)16-8-10-33-13-16/h2-11,13-14H,12H2,1H3,(H2,25,27,28,29,30). The Morgan fingerprint density at radius 1 is 1.03 bits per heavy atom. The number of rotatable bonds is 6. The summed E-state index contributed by atoms with van der Waals surface area (Å²) in [5.74, 6) is 1.74. The van der Waals surface area contributed by atoms with Gasteiger partial charge in [-0.3, -0.25) is 14.9 Å². The van der Waals surface area contributed by atoms with Crippen molar-refractivity contribution in [3.8, 4) is 5.69 Å². The number of aryl methyl sites for hydroxylation is 1. The largest absolute Gasteiger partial charge is 0.364 e. The van der Waals surface area contributed by atoms with Gasteiger partial charge in [0, 0.05) is 31.4 Å². The van der Waals surface area contributed by atoms with Gasteiger partial charge in [-0.05, 0) is 35.2 Å². The number of hydrogen-bond donors (Lipinski definition) is 2. The van der Waals surface area contributed by atoms with E-state index in [1.807, 2.05) is 70.2 Å². The minimum absolute atomic E-state index is 0.437. The predicted octanol–water partition coefficient (Wildman–Crippen LogP) is 4.51. The number of nitrogens with zero attached hydrogens (tertiary/aromatic N) is 7. The Morgan fingerprint density at radius 2 is 1.97 bits per heavy atom. The van der Waals surface area contributed by atoms with Crippen LogP contribution in [0.2, 0.25) is 0 Å². The van der Waals surface area contributed by atoms with Crippen LogP contribution >= 0.6 is 11.3 Å². The third kappa shape index (κ3) is 3.56. The molecule has 10 heteroatoms. The number of thiophene rings is 1. The molecule has 0 aliphatic carbocycles. The number of aromatic nitrogens is 7. The van der Waals surface area contributed by atoms with Gasteiger partial charge in [-0.15, -0.1) is 0 Å². The van der Waals surface area contributed by atoms with Crippen LogP contribution in [0.3, 0.4) is 0 Å². The Kier molecular flexibility index (Phi) is 4.69.